The Balaban J connectivity index is 1.68. The van der Waals surface area contributed by atoms with Crippen LogP contribution >= 0.6 is 0 Å². The Hall–Kier alpha value is -2.77. The molecule has 2 aromatic heterocycles. The zero-order valence-corrected chi connectivity index (χ0v) is 16.0. The summed E-state index contributed by atoms with van der Waals surface area (Å²) in [6.07, 6.45) is 3.60. The number of anilines is 1. The second-order valence-electron chi connectivity index (χ2n) is 7.61. The number of aliphatic hydroxyl groups is 2. The molecule has 0 unspecified atom stereocenters. The van der Waals surface area contributed by atoms with E-state index in [-0.39, 0.29) is 11.6 Å². The summed E-state index contributed by atoms with van der Waals surface area (Å²) >= 11 is 0. The summed E-state index contributed by atoms with van der Waals surface area (Å²) in [7, 11) is 1.72. The monoisotopic (exact) mass is 380 g/mol. The molecular weight excluding hydrogens is 356 g/mol. The highest BCUT2D eigenvalue weighted by Gasteiger charge is 2.30. The largest absolute Gasteiger partial charge is 0.366 e. The van der Waals surface area contributed by atoms with Gasteiger partial charge in [0.15, 0.2) is 5.79 Å². The fraction of sp³-hybridized carbons (Fsp3) is 0.381. The van der Waals surface area contributed by atoms with E-state index in [2.05, 4.69) is 15.3 Å². The summed E-state index contributed by atoms with van der Waals surface area (Å²) in [5.41, 5.74) is 3.04. The molecule has 3 N–H and O–H groups in total. The lowest BCUT2D eigenvalue weighted by Crippen LogP contribution is -2.38. The minimum Gasteiger partial charge on any atom is -0.366 e. The summed E-state index contributed by atoms with van der Waals surface area (Å²) in [5.74, 6) is -1.13. The molecule has 1 aliphatic rings. The van der Waals surface area contributed by atoms with Gasteiger partial charge in [-0.1, -0.05) is 24.3 Å². The average Bonchev–Trinajstić information content (AvgIpc) is 2.67. The Labute approximate surface area is 162 Å². The van der Waals surface area contributed by atoms with Crippen molar-refractivity contribution in [2.45, 2.75) is 44.4 Å². The van der Waals surface area contributed by atoms with Crippen LogP contribution in [0.3, 0.4) is 0 Å². The lowest BCUT2D eigenvalue weighted by atomic mass is 9.90. The fourth-order valence-corrected chi connectivity index (χ4v) is 3.79. The fourth-order valence-electron chi connectivity index (χ4n) is 3.79. The van der Waals surface area contributed by atoms with Crippen LogP contribution in [-0.2, 0) is 7.05 Å². The number of benzene rings is 1. The topological polar surface area (TPSA) is 100 Å². The number of hydrogen-bond donors (Lipinski definition) is 3. The molecule has 0 atom stereocenters. The second kappa shape index (κ2) is 7.00. The maximum atomic E-state index is 12.9. The van der Waals surface area contributed by atoms with E-state index in [1.54, 1.807) is 17.8 Å². The minimum atomic E-state index is -1.57. The molecule has 1 aromatic carbocycles. The predicted molar refractivity (Wildman–Crippen MR) is 108 cm³/mol. The van der Waals surface area contributed by atoms with E-state index in [0.29, 0.717) is 42.8 Å². The van der Waals surface area contributed by atoms with Gasteiger partial charge in [0.25, 0.3) is 5.56 Å². The molecule has 1 saturated carbocycles. The molecule has 0 bridgehead atoms. The maximum absolute atomic E-state index is 12.9. The van der Waals surface area contributed by atoms with Gasteiger partial charge in [0, 0.05) is 43.1 Å². The van der Waals surface area contributed by atoms with Gasteiger partial charge in [-0.25, -0.2) is 4.98 Å². The van der Waals surface area contributed by atoms with Crippen molar-refractivity contribution < 1.29 is 10.2 Å². The molecule has 1 fully saturated rings. The first-order valence-corrected chi connectivity index (χ1v) is 9.48. The molecule has 1 aliphatic carbocycles. The predicted octanol–water partition coefficient (Wildman–Crippen LogP) is 2.34. The zero-order chi connectivity index (χ0) is 19.9. The third-order valence-electron chi connectivity index (χ3n) is 5.50. The van der Waals surface area contributed by atoms with Crippen LogP contribution in [-0.4, -0.2) is 36.6 Å². The third kappa shape index (κ3) is 3.50. The molecule has 28 heavy (non-hydrogen) atoms. The number of rotatable bonds is 3. The Bertz CT molecular complexity index is 1080. The first-order chi connectivity index (χ1) is 13.3. The molecule has 7 nitrogen and oxygen atoms in total. The molecule has 0 saturated heterocycles. The first-order valence-electron chi connectivity index (χ1n) is 9.48. The van der Waals surface area contributed by atoms with Crippen LogP contribution in [0.4, 0.5) is 5.95 Å². The molecular formula is C21H24N4O3. The van der Waals surface area contributed by atoms with E-state index >= 15 is 0 Å². The molecule has 0 amide bonds. The lowest BCUT2D eigenvalue weighted by molar-refractivity contribution is -0.181. The Morgan fingerprint density at radius 1 is 1.18 bits per heavy atom. The third-order valence-corrected chi connectivity index (χ3v) is 5.50. The van der Waals surface area contributed by atoms with E-state index < -0.39 is 5.79 Å². The second-order valence-corrected chi connectivity index (χ2v) is 7.61. The number of aryl methyl sites for hydroxylation is 2. The van der Waals surface area contributed by atoms with Gasteiger partial charge in [-0.05, 0) is 37.0 Å². The van der Waals surface area contributed by atoms with Gasteiger partial charge in [-0.2, -0.15) is 4.98 Å². The molecule has 0 spiro atoms. The summed E-state index contributed by atoms with van der Waals surface area (Å²) in [6, 6.07) is 9.73. The van der Waals surface area contributed by atoms with Crippen molar-refractivity contribution >= 4 is 17.0 Å². The number of nitrogens with one attached hydrogen (secondary N) is 1. The summed E-state index contributed by atoms with van der Waals surface area (Å²) < 4.78 is 1.55. The van der Waals surface area contributed by atoms with Crippen LogP contribution in [0, 0.1) is 6.92 Å². The van der Waals surface area contributed by atoms with E-state index in [1.165, 1.54) is 0 Å². The van der Waals surface area contributed by atoms with E-state index in [4.69, 9.17) is 0 Å². The highest BCUT2D eigenvalue weighted by atomic mass is 16.5. The normalized spacial score (nSPS) is 17.0. The van der Waals surface area contributed by atoms with Crippen molar-refractivity contribution in [3.05, 3.63) is 52.4 Å². The van der Waals surface area contributed by atoms with Crippen molar-refractivity contribution in [2.75, 3.05) is 5.32 Å². The molecule has 0 aliphatic heterocycles. The van der Waals surface area contributed by atoms with Gasteiger partial charge in [0.2, 0.25) is 5.95 Å². The van der Waals surface area contributed by atoms with Gasteiger partial charge in [0.05, 0.1) is 0 Å². The number of fused-ring (bicyclic) bond motifs is 1. The standard InChI is InChI=1S/C21H24N4O3/c1-13-5-3-4-6-16(13)17-11-14-12-22-20(24-18(14)25(2)19(17)26)23-15-7-9-21(27,28)10-8-15/h3-6,11-12,15,27-28H,7-10H2,1-2H3,(H,22,23,24). The van der Waals surface area contributed by atoms with Crippen LogP contribution in [0.2, 0.25) is 0 Å². The minimum absolute atomic E-state index is 0.0770. The molecule has 7 heteroatoms. The Morgan fingerprint density at radius 2 is 1.89 bits per heavy atom. The highest BCUT2D eigenvalue weighted by molar-refractivity contribution is 5.82. The van der Waals surface area contributed by atoms with Crippen molar-refractivity contribution in [3.8, 4) is 11.1 Å². The van der Waals surface area contributed by atoms with Crippen molar-refractivity contribution in [1.29, 1.82) is 0 Å². The van der Waals surface area contributed by atoms with Crippen molar-refractivity contribution in [3.63, 3.8) is 0 Å². The SMILES string of the molecule is Cc1ccccc1-c1cc2cnc(NC3CCC(O)(O)CC3)nc2n(C)c1=O. The number of aromatic nitrogens is 3. The Kier molecular flexibility index (Phi) is 4.64. The van der Waals surface area contributed by atoms with E-state index in [9.17, 15) is 15.0 Å². The first kappa shape index (κ1) is 18.6. The van der Waals surface area contributed by atoms with Crippen molar-refractivity contribution in [1.82, 2.24) is 14.5 Å². The van der Waals surface area contributed by atoms with Crippen molar-refractivity contribution in [2.24, 2.45) is 7.05 Å². The smallest absolute Gasteiger partial charge is 0.259 e. The lowest BCUT2D eigenvalue weighted by Gasteiger charge is -2.32. The van der Waals surface area contributed by atoms with E-state index in [0.717, 1.165) is 16.5 Å². The average molecular weight is 380 g/mol. The van der Waals surface area contributed by atoms with Crippen LogP contribution < -0.4 is 10.9 Å². The van der Waals surface area contributed by atoms with Crippen LogP contribution in [0.1, 0.15) is 31.2 Å². The van der Waals surface area contributed by atoms with Gasteiger partial charge < -0.3 is 15.5 Å². The molecule has 4 rings (SSSR count). The summed E-state index contributed by atoms with van der Waals surface area (Å²) in [4.78, 5) is 21.9. The molecule has 146 valence electrons. The highest BCUT2D eigenvalue weighted by Crippen LogP contribution is 2.28. The maximum Gasteiger partial charge on any atom is 0.259 e. The van der Waals surface area contributed by atoms with Gasteiger partial charge in [-0.15, -0.1) is 0 Å². The summed E-state index contributed by atoms with van der Waals surface area (Å²) in [6.45, 7) is 1.99. The van der Waals surface area contributed by atoms with Crippen LogP contribution in [0.25, 0.3) is 22.2 Å². The van der Waals surface area contributed by atoms with Gasteiger partial charge >= 0.3 is 0 Å². The number of nitrogens with zero attached hydrogens (tertiary/aromatic N) is 3. The molecule has 0 radical (unpaired) electrons. The van der Waals surface area contributed by atoms with Gasteiger partial charge in [0.1, 0.15) is 5.65 Å². The summed E-state index contributed by atoms with van der Waals surface area (Å²) in [5, 5.41) is 23.4. The number of pyridine rings is 1. The van der Waals surface area contributed by atoms with Gasteiger partial charge in [-0.3, -0.25) is 9.36 Å². The van der Waals surface area contributed by atoms with E-state index in [1.807, 2.05) is 37.3 Å². The molecule has 2 heterocycles. The quantitative estimate of drug-likeness (QED) is 0.603. The van der Waals surface area contributed by atoms with Crippen LogP contribution in [0.15, 0.2) is 41.3 Å². The van der Waals surface area contributed by atoms with Crippen LogP contribution in [0.5, 0.6) is 0 Å². The molecule has 3 aromatic rings. The zero-order valence-electron chi connectivity index (χ0n) is 16.0. The Morgan fingerprint density at radius 3 is 2.61 bits per heavy atom. The number of hydrogen-bond acceptors (Lipinski definition) is 6.